The van der Waals surface area contributed by atoms with Crippen LogP contribution in [0.1, 0.15) is 34.8 Å². The third-order valence-electron chi connectivity index (χ3n) is 4.23. The molecule has 2 aromatic carbocycles. The number of hydrogen-bond acceptors (Lipinski definition) is 2. The molecule has 4 heteroatoms. The lowest BCUT2D eigenvalue weighted by molar-refractivity contribution is 0.1000. The minimum absolute atomic E-state index is 0.172. The maximum absolute atomic E-state index is 14.1. The van der Waals surface area contributed by atoms with Gasteiger partial charge in [-0.3, -0.25) is 9.79 Å². The number of dihydropyridines is 1. The molecule has 0 fully saturated rings. The summed E-state index contributed by atoms with van der Waals surface area (Å²) in [5, 5.41) is 0. The molecular weight excluding hydrogens is 303 g/mol. The molecule has 0 saturated heterocycles. The minimum atomic E-state index is -0.637. The van der Waals surface area contributed by atoms with Gasteiger partial charge in [0.2, 0.25) is 5.91 Å². The number of halogens is 1. The maximum Gasteiger partial charge on any atom is 0.248 e. The lowest BCUT2D eigenvalue weighted by Crippen LogP contribution is -2.12. The molecule has 3 nitrogen and oxygen atoms in total. The summed E-state index contributed by atoms with van der Waals surface area (Å²) in [5.74, 6) is -1.07. The van der Waals surface area contributed by atoms with E-state index in [1.807, 2.05) is 30.3 Å². The summed E-state index contributed by atoms with van der Waals surface area (Å²) in [6.45, 7) is 3.78. The number of allylic oxidation sites excluding steroid dienone is 1. The van der Waals surface area contributed by atoms with Crippen LogP contribution >= 0.6 is 0 Å². The zero-order chi connectivity index (χ0) is 17.3. The highest BCUT2D eigenvalue weighted by molar-refractivity contribution is 6.09. The Hall–Kier alpha value is -2.75. The van der Waals surface area contributed by atoms with E-state index in [0.717, 1.165) is 23.3 Å². The van der Waals surface area contributed by atoms with Crippen molar-refractivity contribution in [2.75, 3.05) is 0 Å². The number of nitrogens with two attached hydrogens (primary N) is 1. The average molecular weight is 322 g/mol. The van der Waals surface area contributed by atoms with Gasteiger partial charge in [0, 0.05) is 5.56 Å². The average Bonchev–Trinajstić information content (AvgIpc) is 2.57. The first-order chi connectivity index (χ1) is 11.5. The number of primary amides is 1. The maximum atomic E-state index is 14.1. The molecule has 0 spiro atoms. The third-order valence-corrected chi connectivity index (χ3v) is 4.23. The Morgan fingerprint density at radius 2 is 1.88 bits per heavy atom. The van der Waals surface area contributed by atoms with Gasteiger partial charge in [0.1, 0.15) is 5.82 Å². The van der Waals surface area contributed by atoms with E-state index in [2.05, 4.69) is 18.0 Å². The van der Waals surface area contributed by atoms with Crippen LogP contribution in [0.2, 0.25) is 0 Å². The molecule has 0 aromatic heterocycles. The molecular formula is C20H19FN2O. The number of rotatable bonds is 3. The van der Waals surface area contributed by atoms with Crippen molar-refractivity contribution in [3.63, 3.8) is 0 Å². The van der Waals surface area contributed by atoms with Gasteiger partial charge in [0.05, 0.1) is 11.8 Å². The number of carbonyl (C=O) groups is 1. The van der Waals surface area contributed by atoms with Gasteiger partial charge < -0.3 is 5.73 Å². The van der Waals surface area contributed by atoms with Crippen molar-refractivity contribution in [2.24, 2.45) is 10.7 Å². The van der Waals surface area contributed by atoms with Crippen LogP contribution in [0, 0.1) is 12.7 Å². The summed E-state index contributed by atoms with van der Waals surface area (Å²) >= 11 is 0. The van der Waals surface area contributed by atoms with Crippen molar-refractivity contribution in [3.05, 3.63) is 71.1 Å². The largest absolute Gasteiger partial charge is 0.366 e. The molecule has 3 rings (SSSR count). The molecule has 1 atom stereocenters. The van der Waals surface area contributed by atoms with E-state index in [9.17, 15) is 9.18 Å². The van der Waals surface area contributed by atoms with Crippen LogP contribution in [0.15, 0.2) is 53.5 Å². The van der Waals surface area contributed by atoms with Gasteiger partial charge in [-0.05, 0) is 60.7 Å². The van der Waals surface area contributed by atoms with Gasteiger partial charge in [-0.1, -0.05) is 30.3 Å². The zero-order valence-corrected chi connectivity index (χ0v) is 13.7. The van der Waals surface area contributed by atoms with Crippen molar-refractivity contribution in [2.45, 2.75) is 26.3 Å². The summed E-state index contributed by atoms with van der Waals surface area (Å²) in [4.78, 5) is 16.0. The van der Waals surface area contributed by atoms with Crippen LogP contribution < -0.4 is 5.73 Å². The second kappa shape index (κ2) is 6.40. The highest BCUT2D eigenvalue weighted by Crippen LogP contribution is 2.27. The van der Waals surface area contributed by atoms with Crippen LogP contribution in [-0.2, 0) is 0 Å². The monoisotopic (exact) mass is 322 g/mol. The first-order valence-corrected chi connectivity index (χ1v) is 7.91. The van der Waals surface area contributed by atoms with Gasteiger partial charge in [0.25, 0.3) is 0 Å². The summed E-state index contributed by atoms with van der Waals surface area (Å²) in [6, 6.07) is 10.9. The molecule has 0 radical (unpaired) electrons. The Bertz CT molecular complexity index is 851. The van der Waals surface area contributed by atoms with Crippen molar-refractivity contribution in [1.29, 1.82) is 0 Å². The smallest absolute Gasteiger partial charge is 0.248 e. The van der Waals surface area contributed by atoms with Crippen LogP contribution in [0.4, 0.5) is 4.39 Å². The van der Waals surface area contributed by atoms with E-state index in [0.29, 0.717) is 11.1 Å². The zero-order valence-electron chi connectivity index (χ0n) is 13.7. The summed E-state index contributed by atoms with van der Waals surface area (Å²) in [6.07, 6.45) is 5.10. The number of nitrogens with zero attached hydrogens (tertiary/aromatic N) is 1. The Balaban J connectivity index is 2.00. The molecule has 1 aliphatic heterocycles. The second-order valence-corrected chi connectivity index (χ2v) is 6.07. The fraction of sp³-hybridized carbons (Fsp3) is 0.200. The first kappa shape index (κ1) is 16.1. The van der Waals surface area contributed by atoms with E-state index < -0.39 is 11.7 Å². The van der Waals surface area contributed by atoms with Gasteiger partial charge in [0.15, 0.2) is 0 Å². The Kier molecular flexibility index (Phi) is 4.30. The highest BCUT2D eigenvalue weighted by Gasteiger charge is 2.13. The Morgan fingerprint density at radius 1 is 1.21 bits per heavy atom. The summed E-state index contributed by atoms with van der Waals surface area (Å²) in [5.41, 5.74) is 9.44. The lowest BCUT2D eigenvalue weighted by atomic mass is 9.95. The van der Waals surface area contributed by atoms with Gasteiger partial charge >= 0.3 is 0 Å². The number of carbonyl (C=O) groups excluding carboxylic acids is 1. The molecule has 1 unspecified atom stereocenters. The van der Waals surface area contributed by atoms with Crippen LogP contribution in [0.5, 0.6) is 0 Å². The minimum Gasteiger partial charge on any atom is -0.366 e. The fourth-order valence-corrected chi connectivity index (χ4v) is 2.82. The molecule has 1 amide bonds. The van der Waals surface area contributed by atoms with Gasteiger partial charge in [-0.2, -0.15) is 0 Å². The van der Waals surface area contributed by atoms with Gasteiger partial charge in [-0.25, -0.2) is 4.39 Å². The van der Waals surface area contributed by atoms with E-state index in [4.69, 9.17) is 5.73 Å². The van der Waals surface area contributed by atoms with Crippen LogP contribution in [0.25, 0.3) is 11.1 Å². The predicted octanol–water partition coefficient (Wildman–Crippen LogP) is 4.04. The number of hydrogen-bond donors (Lipinski definition) is 1. The van der Waals surface area contributed by atoms with Crippen molar-refractivity contribution in [3.8, 4) is 11.1 Å². The van der Waals surface area contributed by atoms with E-state index in [1.165, 1.54) is 6.07 Å². The lowest BCUT2D eigenvalue weighted by Gasteiger charge is -2.13. The van der Waals surface area contributed by atoms with Crippen LogP contribution in [-0.4, -0.2) is 17.7 Å². The summed E-state index contributed by atoms with van der Waals surface area (Å²) in [7, 11) is 0. The summed E-state index contributed by atoms with van der Waals surface area (Å²) < 4.78 is 14.1. The SMILES string of the molecule is Cc1c(F)cc(C(N)=O)cc1-c1ccc(C2=NC(C)CC=C2)cc1. The molecule has 1 aliphatic rings. The first-order valence-electron chi connectivity index (χ1n) is 7.91. The van der Waals surface area contributed by atoms with Gasteiger partial charge in [-0.15, -0.1) is 0 Å². The molecule has 0 saturated carbocycles. The number of benzene rings is 2. The highest BCUT2D eigenvalue weighted by atomic mass is 19.1. The number of amides is 1. The quantitative estimate of drug-likeness (QED) is 0.911. The molecule has 24 heavy (non-hydrogen) atoms. The van der Waals surface area contributed by atoms with E-state index in [-0.39, 0.29) is 11.6 Å². The Morgan fingerprint density at radius 3 is 2.50 bits per heavy atom. The Labute approximate surface area is 140 Å². The predicted molar refractivity (Wildman–Crippen MR) is 94.8 cm³/mol. The van der Waals surface area contributed by atoms with Crippen LogP contribution in [0.3, 0.4) is 0 Å². The third kappa shape index (κ3) is 3.13. The van der Waals surface area contributed by atoms with Crippen molar-refractivity contribution in [1.82, 2.24) is 0 Å². The van der Waals surface area contributed by atoms with E-state index >= 15 is 0 Å². The van der Waals surface area contributed by atoms with E-state index in [1.54, 1.807) is 13.0 Å². The number of aliphatic imine (C=N–C) groups is 1. The van der Waals surface area contributed by atoms with Crippen molar-refractivity contribution < 1.29 is 9.18 Å². The molecule has 2 N–H and O–H groups in total. The van der Waals surface area contributed by atoms with Crippen molar-refractivity contribution >= 4 is 11.6 Å². The molecule has 122 valence electrons. The topological polar surface area (TPSA) is 55.5 Å². The molecule has 1 heterocycles. The second-order valence-electron chi connectivity index (χ2n) is 6.07. The standard InChI is InChI=1S/C20H19FN2O/c1-12-4-3-5-19(23-12)15-8-6-14(7-9-15)17-10-16(20(22)24)11-18(21)13(17)2/h3,5-12H,4H2,1-2H3,(H2,22,24). The normalized spacial score (nSPS) is 16.8. The molecule has 0 aliphatic carbocycles. The fourth-order valence-electron chi connectivity index (χ4n) is 2.82. The molecule has 0 bridgehead atoms. The molecule has 2 aromatic rings.